The highest BCUT2D eigenvalue weighted by Crippen LogP contribution is 2.17. The molecule has 3 heteroatoms. The molecule has 0 amide bonds. The third-order valence-corrected chi connectivity index (χ3v) is 2.83. The summed E-state index contributed by atoms with van der Waals surface area (Å²) in [4.78, 5) is 0. The number of halogens is 1. The van der Waals surface area contributed by atoms with Crippen LogP contribution in [0.25, 0.3) is 0 Å². The molecule has 17 heavy (non-hydrogen) atoms. The highest BCUT2D eigenvalue weighted by atomic mass is 35.5. The minimum Gasteiger partial charge on any atom is -0.398 e. The first-order chi connectivity index (χ1) is 8.25. The molecule has 3 N–H and O–H groups in total. The predicted octanol–water partition coefficient (Wildman–Crippen LogP) is 3.21. The maximum Gasteiger partial charge on any atom is 0.0410 e. The second-order valence-electron chi connectivity index (χ2n) is 3.93. The minimum absolute atomic E-state index is 0.718. The van der Waals surface area contributed by atoms with Crippen LogP contribution in [0.2, 0.25) is 5.02 Å². The van der Waals surface area contributed by atoms with Crippen LogP contribution in [0.15, 0.2) is 48.5 Å². The molecule has 2 aromatic rings. The molecule has 0 saturated heterocycles. The van der Waals surface area contributed by atoms with Crippen LogP contribution in [-0.4, -0.2) is 0 Å². The number of nitrogens with two attached hydrogens (primary N) is 1. The fourth-order valence-electron chi connectivity index (χ4n) is 1.66. The van der Waals surface area contributed by atoms with Crippen molar-refractivity contribution >= 4 is 17.3 Å². The van der Waals surface area contributed by atoms with Gasteiger partial charge < -0.3 is 11.1 Å². The molecular weight excluding hydrogens is 232 g/mol. The Labute approximate surface area is 106 Å². The van der Waals surface area contributed by atoms with Gasteiger partial charge in [-0.3, -0.25) is 0 Å². The van der Waals surface area contributed by atoms with Crippen LogP contribution in [0.5, 0.6) is 0 Å². The third kappa shape index (κ3) is 3.48. The van der Waals surface area contributed by atoms with Crippen LogP contribution in [0.4, 0.5) is 5.69 Å². The van der Waals surface area contributed by atoms with Crippen LogP contribution in [0.3, 0.4) is 0 Å². The van der Waals surface area contributed by atoms with Gasteiger partial charge in [0.2, 0.25) is 0 Å². The summed E-state index contributed by atoms with van der Waals surface area (Å²) in [5, 5.41) is 4.07. The van der Waals surface area contributed by atoms with Gasteiger partial charge in [-0.2, -0.15) is 0 Å². The summed E-state index contributed by atoms with van der Waals surface area (Å²) in [5.74, 6) is 0. The van der Waals surface area contributed by atoms with Crippen molar-refractivity contribution in [1.82, 2.24) is 5.32 Å². The van der Waals surface area contributed by atoms with Crippen molar-refractivity contribution in [3.8, 4) is 0 Å². The van der Waals surface area contributed by atoms with Gasteiger partial charge in [0.15, 0.2) is 0 Å². The Morgan fingerprint density at radius 1 is 1.00 bits per heavy atom. The van der Waals surface area contributed by atoms with Gasteiger partial charge >= 0.3 is 0 Å². The zero-order valence-electron chi connectivity index (χ0n) is 9.49. The first kappa shape index (κ1) is 12.0. The molecule has 2 aromatic carbocycles. The zero-order chi connectivity index (χ0) is 12.1. The molecule has 0 spiro atoms. The molecule has 2 rings (SSSR count). The minimum atomic E-state index is 0.718. The third-order valence-electron chi connectivity index (χ3n) is 2.59. The molecule has 0 fully saturated rings. The normalized spacial score (nSPS) is 10.4. The highest BCUT2D eigenvalue weighted by Gasteiger charge is 2.00. The number of nitrogens with one attached hydrogen (secondary N) is 1. The number of hydrogen-bond acceptors (Lipinski definition) is 2. The van der Waals surface area contributed by atoms with Gasteiger partial charge in [-0.1, -0.05) is 41.9 Å². The van der Waals surface area contributed by atoms with E-state index in [9.17, 15) is 0 Å². The molecule has 0 unspecified atom stereocenters. The molecule has 0 atom stereocenters. The van der Waals surface area contributed by atoms with Crippen molar-refractivity contribution < 1.29 is 0 Å². The predicted molar refractivity (Wildman–Crippen MR) is 72.9 cm³/mol. The van der Waals surface area contributed by atoms with E-state index in [1.54, 1.807) is 6.07 Å². The number of rotatable bonds is 4. The molecule has 0 saturated carbocycles. The number of benzene rings is 2. The van der Waals surface area contributed by atoms with Gasteiger partial charge in [0, 0.05) is 23.8 Å². The van der Waals surface area contributed by atoms with Crippen molar-refractivity contribution in [1.29, 1.82) is 0 Å². The second-order valence-corrected chi connectivity index (χ2v) is 4.37. The largest absolute Gasteiger partial charge is 0.398 e. The Morgan fingerprint density at radius 3 is 2.53 bits per heavy atom. The fourth-order valence-corrected chi connectivity index (χ4v) is 1.86. The Hall–Kier alpha value is -1.51. The zero-order valence-corrected chi connectivity index (χ0v) is 10.2. The maximum atomic E-state index is 5.93. The summed E-state index contributed by atoms with van der Waals surface area (Å²) >= 11 is 5.93. The highest BCUT2D eigenvalue weighted by molar-refractivity contribution is 6.30. The van der Waals surface area contributed by atoms with E-state index in [-0.39, 0.29) is 0 Å². The van der Waals surface area contributed by atoms with Crippen molar-refractivity contribution in [2.45, 2.75) is 13.1 Å². The van der Waals surface area contributed by atoms with Gasteiger partial charge in [0.25, 0.3) is 0 Å². The molecule has 2 nitrogen and oxygen atoms in total. The van der Waals surface area contributed by atoms with E-state index in [2.05, 4.69) is 17.4 Å². The van der Waals surface area contributed by atoms with Crippen molar-refractivity contribution in [3.05, 3.63) is 64.7 Å². The van der Waals surface area contributed by atoms with Gasteiger partial charge in [-0.15, -0.1) is 0 Å². The van der Waals surface area contributed by atoms with Crippen molar-refractivity contribution in [2.75, 3.05) is 5.73 Å². The number of anilines is 1. The molecule has 0 bridgehead atoms. The lowest BCUT2D eigenvalue weighted by molar-refractivity contribution is 0.695. The van der Waals surface area contributed by atoms with Crippen LogP contribution in [0.1, 0.15) is 11.1 Å². The summed E-state index contributed by atoms with van der Waals surface area (Å²) in [6, 6.07) is 15.8. The van der Waals surface area contributed by atoms with E-state index in [0.717, 1.165) is 29.4 Å². The van der Waals surface area contributed by atoms with Crippen LogP contribution < -0.4 is 11.1 Å². The number of nitrogen functional groups attached to an aromatic ring is 1. The summed E-state index contributed by atoms with van der Waals surface area (Å²) in [7, 11) is 0. The molecule has 88 valence electrons. The van der Waals surface area contributed by atoms with E-state index in [0.29, 0.717) is 0 Å². The topological polar surface area (TPSA) is 38.0 Å². The smallest absolute Gasteiger partial charge is 0.0410 e. The quantitative estimate of drug-likeness (QED) is 0.813. The number of hydrogen-bond donors (Lipinski definition) is 2. The van der Waals surface area contributed by atoms with E-state index < -0.39 is 0 Å². The van der Waals surface area contributed by atoms with Gasteiger partial charge in [0.1, 0.15) is 0 Å². The van der Waals surface area contributed by atoms with Crippen molar-refractivity contribution in [2.24, 2.45) is 0 Å². The van der Waals surface area contributed by atoms with Crippen molar-refractivity contribution in [3.63, 3.8) is 0 Å². The first-order valence-corrected chi connectivity index (χ1v) is 5.92. The molecular formula is C14H15ClN2. The summed E-state index contributed by atoms with van der Waals surface area (Å²) in [6.45, 7) is 1.55. The first-order valence-electron chi connectivity index (χ1n) is 5.54. The molecule has 0 radical (unpaired) electrons. The van der Waals surface area contributed by atoms with Gasteiger partial charge in [-0.25, -0.2) is 0 Å². The lowest BCUT2D eigenvalue weighted by Gasteiger charge is -2.08. The van der Waals surface area contributed by atoms with Gasteiger partial charge in [-0.05, 0) is 29.3 Å². The van der Waals surface area contributed by atoms with E-state index in [1.807, 2.05) is 30.3 Å². The van der Waals surface area contributed by atoms with Gasteiger partial charge in [0.05, 0.1) is 0 Å². The lowest BCUT2D eigenvalue weighted by atomic mass is 10.1. The molecule has 0 heterocycles. The Balaban J connectivity index is 1.92. The summed E-state index contributed by atoms with van der Waals surface area (Å²) in [5.41, 5.74) is 8.94. The SMILES string of the molecule is Nc1ccc(Cl)cc1CNCc1ccccc1. The molecule has 0 aliphatic carbocycles. The monoisotopic (exact) mass is 246 g/mol. The molecule has 0 aliphatic rings. The standard InChI is InChI=1S/C14H15ClN2/c15-13-6-7-14(16)12(8-13)10-17-9-11-4-2-1-3-5-11/h1-8,17H,9-10,16H2. The summed E-state index contributed by atoms with van der Waals surface area (Å²) < 4.78 is 0. The molecule has 0 aliphatic heterocycles. The maximum absolute atomic E-state index is 5.93. The van der Waals surface area contributed by atoms with Crippen LogP contribution >= 0.6 is 11.6 Å². The Kier molecular flexibility index (Phi) is 4.02. The van der Waals surface area contributed by atoms with E-state index >= 15 is 0 Å². The Morgan fingerprint density at radius 2 is 1.76 bits per heavy atom. The summed E-state index contributed by atoms with van der Waals surface area (Å²) in [6.07, 6.45) is 0. The Bertz CT molecular complexity index is 483. The van der Waals surface area contributed by atoms with E-state index in [4.69, 9.17) is 17.3 Å². The van der Waals surface area contributed by atoms with Crippen LogP contribution in [0, 0.1) is 0 Å². The fraction of sp³-hybridized carbons (Fsp3) is 0.143. The average Bonchev–Trinajstić information content (AvgIpc) is 2.35. The second kappa shape index (κ2) is 5.71. The average molecular weight is 247 g/mol. The lowest BCUT2D eigenvalue weighted by Crippen LogP contribution is -2.13. The molecule has 0 aromatic heterocycles. The van der Waals surface area contributed by atoms with Crippen LogP contribution in [-0.2, 0) is 13.1 Å². The van der Waals surface area contributed by atoms with E-state index in [1.165, 1.54) is 5.56 Å².